The van der Waals surface area contributed by atoms with Crippen molar-refractivity contribution in [1.82, 2.24) is 5.32 Å². The van der Waals surface area contributed by atoms with Gasteiger partial charge in [0.15, 0.2) is 0 Å². The van der Waals surface area contributed by atoms with Gasteiger partial charge in [0.2, 0.25) is 0 Å². The molecule has 0 unspecified atom stereocenters. The van der Waals surface area contributed by atoms with Crippen LogP contribution in [0.3, 0.4) is 0 Å². The Morgan fingerprint density at radius 1 is 1.50 bits per heavy atom. The van der Waals surface area contributed by atoms with Crippen LogP contribution in [0.1, 0.15) is 19.3 Å². The fraction of sp³-hybridized carbons (Fsp3) is 0.929. The van der Waals surface area contributed by atoms with Crippen molar-refractivity contribution in [3.8, 4) is 0 Å². The normalized spacial score (nSPS) is 20.9. The zero-order valence-corrected chi connectivity index (χ0v) is 14.1. The van der Waals surface area contributed by atoms with Crippen molar-refractivity contribution in [1.29, 1.82) is 0 Å². The Labute approximate surface area is 123 Å². The van der Waals surface area contributed by atoms with Gasteiger partial charge in [0.25, 0.3) is 0 Å². The molecule has 1 heterocycles. The lowest BCUT2D eigenvalue weighted by Crippen LogP contribution is -2.36. The summed E-state index contributed by atoms with van der Waals surface area (Å²) in [4.78, 5) is 10.6. The molecule has 0 saturated carbocycles. The Hall–Kier alpha value is -0.593. The first-order valence-electron chi connectivity index (χ1n) is 7.60. The average Bonchev–Trinajstić information content (AvgIpc) is 2.79. The van der Waals surface area contributed by atoms with Gasteiger partial charge in [-0.05, 0) is 37.8 Å². The quantitative estimate of drug-likeness (QED) is 0.640. The third kappa shape index (κ3) is 8.55. The molecule has 0 bridgehead atoms. The molecule has 1 amide bonds. The lowest BCUT2D eigenvalue weighted by Gasteiger charge is -2.23. The van der Waals surface area contributed by atoms with E-state index in [2.05, 4.69) is 25.0 Å². The third-order valence-corrected chi connectivity index (χ3v) is 5.41. The highest BCUT2D eigenvalue weighted by molar-refractivity contribution is 6.76. The lowest BCUT2D eigenvalue weighted by molar-refractivity contribution is 0.147. The molecule has 1 saturated heterocycles. The number of carbonyl (C=O) groups excluding carboxylic acids is 1. The number of nitrogens with two attached hydrogens (primary N) is 1. The molecule has 1 rings (SSSR count). The first-order valence-corrected chi connectivity index (χ1v) is 11.3. The van der Waals surface area contributed by atoms with E-state index < -0.39 is 14.2 Å². The van der Waals surface area contributed by atoms with Gasteiger partial charge in [-0.3, -0.25) is 0 Å². The molecule has 1 fully saturated rings. The van der Waals surface area contributed by atoms with Crippen LogP contribution >= 0.6 is 0 Å². The van der Waals surface area contributed by atoms with E-state index in [1.54, 1.807) is 0 Å². The molecule has 1 aliphatic rings. The highest BCUT2D eigenvalue weighted by Gasteiger charge is 2.21. The molecular formula is C14H30N2O3Si. The van der Waals surface area contributed by atoms with Crippen LogP contribution in [0.4, 0.5) is 4.79 Å². The topological polar surface area (TPSA) is 73.6 Å². The lowest BCUT2D eigenvalue weighted by atomic mass is 9.97. The van der Waals surface area contributed by atoms with Crippen molar-refractivity contribution in [3.05, 3.63) is 0 Å². The van der Waals surface area contributed by atoms with Gasteiger partial charge in [-0.2, -0.15) is 0 Å². The molecule has 0 aromatic rings. The average molecular weight is 302 g/mol. The van der Waals surface area contributed by atoms with E-state index in [0.29, 0.717) is 18.6 Å². The van der Waals surface area contributed by atoms with Gasteiger partial charge in [-0.15, -0.1) is 0 Å². The van der Waals surface area contributed by atoms with Crippen LogP contribution < -0.4 is 11.1 Å². The number of amides is 1. The van der Waals surface area contributed by atoms with E-state index in [1.807, 2.05) is 0 Å². The maximum absolute atomic E-state index is 10.6. The number of primary amides is 1. The van der Waals surface area contributed by atoms with E-state index in [9.17, 15) is 4.79 Å². The fourth-order valence-electron chi connectivity index (χ4n) is 2.43. The van der Waals surface area contributed by atoms with Crippen molar-refractivity contribution >= 4 is 14.2 Å². The Morgan fingerprint density at radius 2 is 2.25 bits per heavy atom. The van der Waals surface area contributed by atoms with Crippen molar-refractivity contribution in [2.45, 2.75) is 51.0 Å². The minimum atomic E-state index is -1.01. The molecule has 6 heteroatoms. The molecule has 0 radical (unpaired) electrons. The number of hydrogen-bond acceptors (Lipinski definition) is 4. The van der Waals surface area contributed by atoms with Crippen molar-refractivity contribution in [2.75, 3.05) is 26.4 Å². The molecule has 3 N–H and O–H groups in total. The Morgan fingerprint density at radius 3 is 2.80 bits per heavy atom. The van der Waals surface area contributed by atoms with Crippen LogP contribution in [0.5, 0.6) is 0 Å². The second-order valence-electron chi connectivity index (χ2n) is 6.88. The van der Waals surface area contributed by atoms with Gasteiger partial charge in [-0.1, -0.05) is 19.6 Å². The highest BCUT2D eigenvalue weighted by atomic mass is 28.3. The molecule has 20 heavy (non-hydrogen) atoms. The summed E-state index contributed by atoms with van der Waals surface area (Å²) in [7, 11) is -1.01. The Balaban J connectivity index is 2.30. The minimum absolute atomic E-state index is 0.386. The number of hydrogen-bond donors (Lipinski definition) is 2. The van der Waals surface area contributed by atoms with Crippen molar-refractivity contribution < 1.29 is 14.3 Å². The van der Waals surface area contributed by atoms with Crippen molar-refractivity contribution in [3.63, 3.8) is 0 Å². The SMILES string of the molecule is C[Si](C)(C)CCN[C@H](CCOC(N)=O)C[C@H]1CCOC1. The third-order valence-electron chi connectivity index (χ3n) is 3.66. The van der Waals surface area contributed by atoms with E-state index in [0.717, 1.165) is 39.0 Å². The predicted molar refractivity (Wildman–Crippen MR) is 83.6 cm³/mol. The molecule has 0 aliphatic carbocycles. The van der Waals surface area contributed by atoms with Crippen LogP contribution in [0.15, 0.2) is 0 Å². The van der Waals surface area contributed by atoms with Crippen LogP contribution in [0.25, 0.3) is 0 Å². The highest BCUT2D eigenvalue weighted by Crippen LogP contribution is 2.19. The maximum atomic E-state index is 10.6. The molecule has 118 valence electrons. The van der Waals surface area contributed by atoms with Crippen molar-refractivity contribution in [2.24, 2.45) is 11.7 Å². The second-order valence-corrected chi connectivity index (χ2v) is 12.5. The van der Waals surface area contributed by atoms with Crippen LogP contribution in [0.2, 0.25) is 25.7 Å². The summed E-state index contributed by atoms with van der Waals surface area (Å²) < 4.78 is 10.3. The van der Waals surface area contributed by atoms with Gasteiger partial charge in [0, 0.05) is 27.3 Å². The zero-order chi connectivity index (χ0) is 15.0. The van der Waals surface area contributed by atoms with Crippen LogP contribution in [-0.2, 0) is 9.47 Å². The second kappa shape index (κ2) is 8.64. The molecule has 0 aromatic heterocycles. The molecule has 0 spiro atoms. The summed E-state index contributed by atoms with van der Waals surface area (Å²) in [5, 5.41) is 3.62. The van der Waals surface area contributed by atoms with Gasteiger partial charge in [0.1, 0.15) is 0 Å². The fourth-order valence-corrected chi connectivity index (χ4v) is 3.32. The molecular weight excluding hydrogens is 272 g/mol. The minimum Gasteiger partial charge on any atom is -0.450 e. The summed E-state index contributed by atoms with van der Waals surface area (Å²) in [6, 6.07) is 1.65. The van der Waals surface area contributed by atoms with Gasteiger partial charge < -0.3 is 20.5 Å². The summed E-state index contributed by atoms with van der Waals surface area (Å²) in [6.45, 7) is 10.3. The monoisotopic (exact) mass is 302 g/mol. The molecule has 1 aliphatic heterocycles. The van der Waals surface area contributed by atoms with Crippen LogP contribution in [-0.4, -0.2) is 46.6 Å². The van der Waals surface area contributed by atoms with E-state index in [1.165, 1.54) is 6.04 Å². The molecule has 5 nitrogen and oxygen atoms in total. The molecule has 0 aromatic carbocycles. The number of rotatable bonds is 9. The molecule has 2 atom stereocenters. The van der Waals surface area contributed by atoms with Gasteiger partial charge in [0.05, 0.1) is 6.61 Å². The number of carbonyl (C=O) groups is 1. The standard InChI is InChI=1S/C14H30N2O3Si/c1-20(2,3)9-6-16-13(5-8-19-14(15)17)10-12-4-7-18-11-12/h12-13,16H,4-11H2,1-3H3,(H2,15,17)/t12-,13-/m1/s1. The predicted octanol–water partition coefficient (Wildman–Crippen LogP) is 2.19. The maximum Gasteiger partial charge on any atom is 0.404 e. The van der Waals surface area contributed by atoms with E-state index in [4.69, 9.17) is 15.2 Å². The van der Waals surface area contributed by atoms with Gasteiger partial charge in [-0.25, -0.2) is 4.79 Å². The zero-order valence-electron chi connectivity index (χ0n) is 13.1. The van der Waals surface area contributed by atoms with Crippen LogP contribution in [0, 0.1) is 5.92 Å². The summed E-state index contributed by atoms with van der Waals surface area (Å²) in [6.07, 6.45) is 2.37. The Bertz CT molecular complexity index is 289. The summed E-state index contributed by atoms with van der Waals surface area (Å²) in [5.74, 6) is 0.632. The number of nitrogens with one attached hydrogen (secondary N) is 1. The first kappa shape index (κ1) is 17.5. The largest absolute Gasteiger partial charge is 0.450 e. The summed E-state index contributed by atoms with van der Waals surface area (Å²) >= 11 is 0. The van der Waals surface area contributed by atoms with Gasteiger partial charge >= 0.3 is 6.09 Å². The van der Waals surface area contributed by atoms with E-state index >= 15 is 0 Å². The number of ether oxygens (including phenoxy) is 2. The Kier molecular flexibility index (Phi) is 7.54. The smallest absolute Gasteiger partial charge is 0.404 e. The first-order chi connectivity index (χ1) is 9.37. The van der Waals surface area contributed by atoms with E-state index in [-0.39, 0.29) is 0 Å². The summed E-state index contributed by atoms with van der Waals surface area (Å²) in [5.41, 5.74) is 5.00.